The van der Waals surface area contributed by atoms with Gasteiger partial charge in [-0.25, -0.2) is 4.79 Å². The highest BCUT2D eigenvalue weighted by Gasteiger charge is 2.27. The molecular weight excluding hydrogens is 144 g/mol. The molecule has 64 valence electrons. The average molecular weight is 158 g/mol. The Morgan fingerprint density at radius 1 is 1.55 bits per heavy atom. The van der Waals surface area contributed by atoms with Crippen molar-refractivity contribution in [2.45, 2.75) is 6.10 Å². The molecule has 0 saturated carbocycles. The van der Waals surface area contributed by atoms with Crippen molar-refractivity contribution >= 4 is 6.09 Å². The summed E-state index contributed by atoms with van der Waals surface area (Å²) in [5, 5.41) is 0. The Labute approximate surface area is 66.7 Å². The summed E-state index contributed by atoms with van der Waals surface area (Å²) in [6, 6.07) is 0. The number of likely N-dealkylation sites (tertiary alicyclic amines) is 1. The maximum Gasteiger partial charge on any atom is 0.409 e. The van der Waals surface area contributed by atoms with Gasteiger partial charge in [-0.1, -0.05) is 0 Å². The first kappa shape index (κ1) is 8.33. The summed E-state index contributed by atoms with van der Waals surface area (Å²) in [5.41, 5.74) is 0. The molecule has 1 rings (SSSR count). The van der Waals surface area contributed by atoms with Crippen molar-refractivity contribution in [3.8, 4) is 0 Å². The number of carbonyl (C=O) groups excluding carboxylic acids is 1. The number of hydrogen-bond acceptors (Lipinski definition) is 3. The zero-order valence-electron chi connectivity index (χ0n) is 7.20. The van der Waals surface area contributed by atoms with E-state index in [-0.39, 0.29) is 12.2 Å². The summed E-state index contributed by atoms with van der Waals surface area (Å²) >= 11 is 0. The molecule has 1 saturated heterocycles. The molecule has 0 unspecified atom stereocenters. The molecule has 0 N–H and O–H groups in total. The van der Waals surface area contributed by atoms with Crippen LogP contribution in [-0.4, -0.2) is 56.2 Å². The predicted octanol–water partition coefficient (Wildman–Crippen LogP) is -0.00140. The normalized spacial score (nSPS) is 19.2. The molecule has 1 heterocycles. The minimum atomic E-state index is -0.247. The summed E-state index contributed by atoms with van der Waals surface area (Å²) in [4.78, 5) is 14.5. The molecule has 0 spiro atoms. The first-order valence-electron chi connectivity index (χ1n) is 3.66. The van der Waals surface area contributed by atoms with Crippen molar-refractivity contribution in [3.05, 3.63) is 0 Å². The van der Waals surface area contributed by atoms with Gasteiger partial charge in [-0.2, -0.15) is 0 Å². The fraction of sp³-hybridized carbons (Fsp3) is 0.857. The van der Waals surface area contributed by atoms with Crippen molar-refractivity contribution in [3.63, 3.8) is 0 Å². The van der Waals surface area contributed by atoms with E-state index in [1.165, 1.54) is 4.90 Å². The number of hydrogen-bond donors (Lipinski definition) is 0. The van der Waals surface area contributed by atoms with Gasteiger partial charge in [-0.3, -0.25) is 4.90 Å². The lowest BCUT2D eigenvalue weighted by Gasteiger charge is -2.35. The van der Waals surface area contributed by atoms with Gasteiger partial charge in [0, 0.05) is 27.2 Å². The predicted molar refractivity (Wildman–Crippen MR) is 41.5 cm³/mol. The van der Waals surface area contributed by atoms with Gasteiger partial charge in [0.15, 0.2) is 0 Å². The molecule has 0 bridgehead atoms. The van der Waals surface area contributed by atoms with Crippen LogP contribution in [0.25, 0.3) is 0 Å². The molecule has 1 amide bonds. The van der Waals surface area contributed by atoms with E-state index < -0.39 is 0 Å². The van der Waals surface area contributed by atoms with Crippen molar-refractivity contribution < 1.29 is 9.53 Å². The Morgan fingerprint density at radius 3 is 2.45 bits per heavy atom. The summed E-state index contributed by atoms with van der Waals surface area (Å²) in [7, 11) is 5.37. The van der Waals surface area contributed by atoms with Crippen LogP contribution in [0.5, 0.6) is 0 Å². The standard InChI is InChI=1S/C7H14N2O2/c1-8(2)7(10)11-6-4-9(3)5-6/h6H,4-5H2,1-3H3. The fourth-order valence-electron chi connectivity index (χ4n) is 0.964. The van der Waals surface area contributed by atoms with Gasteiger partial charge in [0.1, 0.15) is 6.10 Å². The van der Waals surface area contributed by atoms with Crippen LogP contribution in [0.2, 0.25) is 0 Å². The topological polar surface area (TPSA) is 32.8 Å². The van der Waals surface area contributed by atoms with E-state index in [9.17, 15) is 4.79 Å². The molecule has 0 radical (unpaired) electrons. The van der Waals surface area contributed by atoms with Crippen LogP contribution in [0.1, 0.15) is 0 Å². The molecule has 11 heavy (non-hydrogen) atoms. The minimum Gasteiger partial charge on any atom is -0.443 e. The molecule has 0 atom stereocenters. The van der Waals surface area contributed by atoms with Gasteiger partial charge >= 0.3 is 6.09 Å². The van der Waals surface area contributed by atoms with E-state index in [0.29, 0.717) is 0 Å². The minimum absolute atomic E-state index is 0.106. The Kier molecular flexibility index (Phi) is 2.34. The van der Waals surface area contributed by atoms with E-state index in [1.807, 2.05) is 7.05 Å². The number of rotatable bonds is 1. The van der Waals surface area contributed by atoms with E-state index in [1.54, 1.807) is 14.1 Å². The van der Waals surface area contributed by atoms with E-state index in [2.05, 4.69) is 4.90 Å². The maximum atomic E-state index is 10.9. The fourth-order valence-corrected chi connectivity index (χ4v) is 0.964. The number of carbonyl (C=O) groups is 1. The smallest absolute Gasteiger partial charge is 0.409 e. The van der Waals surface area contributed by atoms with Gasteiger partial charge in [0.2, 0.25) is 0 Å². The van der Waals surface area contributed by atoms with Gasteiger partial charge < -0.3 is 9.64 Å². The molecule has 4 heteroatoms. The Balaban J connectivity index is 2.17. The first-order chi connectivity index (χ1) is 5.09. The summed E-state index contributed by atoms with van der Waals surface area (Å²) < 4.78 is 5.06. The van der Waals surface area contributed by atoms with Crippen LogP contribution in [0, 0.1) is 0 Å². The first-order valence-corrected chi connectivity index (χ1v) is 3.66. The average Bonchev–Trinajstić information content (AvgIpc) is 1.84. The maximum absolute atomic E-state index is 10.9. The highest BCUT2D eigenvalue weighted by Crippen LogP contribution is 2.08. The lowest BCUT2D eigenvalue weighted by atomic mass is 10.2. The third-order valence-electron chi connectivity index (χ3n) is 1.66. The van der Waals surface area contributed by atoms with Crippen molar-refractivity contribution in [1.82, 2.24) is 9.80 Å². The van der Waals surface area contributed by atoms with Crippen molar-refractivity contribution in [1.29, 1.82) is 0 Å². The highest BCUT2D eigenvalue weighted by atomic mass is 16.6. The SMILES string of the molecule is CN1CC(OC(=O)N(C)C)C1. The Bertz CT molecular complexity index is 153. The summed E-state index contributed by atoms with van der Waals surface area (Å²) in [6.45, 7) is 1.72. The van der Waals surface area contributed by atoms with Crippen molar-refractivity contribution in [2.75, 3.05) is 34.2 Å². The third kappa shape index (κ3) is 2.08. The molecule has 4 nitrogen and oxygen atoms in total. The number of likely N-dealkylation sites (N-methyl/N-ethyl adjacent to an activating group) is 1. The van der Waals surface area contributed by atoms with Crippen LogP contribution in [0.3, 0.4) is 0 Å². The van der Waals surface area contributed by atoms with Crippen molar-refractivity contribution in [2.24, 2.45) is 0 Å². The van der Waals surface area contributed by atoms with E-state index >= 15 is 0 Å². The summed E-state index contributed by atoms with van der Waals surface area (Å²) in [6.07, 6.45) is -0.141. The van der Waals surface area contributed by atoms with Crippen LogP contribution in [0.15, 0.2) is 0 Å². The van der Waals surface area contributed by atoms with Crippen LogP contribution in [-0.2, 0) is 4.74 Å². The third-order valence-corrected chi connectivity index (χ3v) is 1.66. The number of ether oxygens (including phenoxy) is 1. The van der Waals surface area contributed by atoms with Crippen LogP contribution < -0.4 is 0 Å². The lowest BCUT2D eigenvalue weighted by Crippen LogP contribution is -2.51. The van der Waals surface area contributed by atoms with Gasteiger partial charge in [0.25, 0.3) is 0 Å². The second-order valence-corrected chi connectivity index (χ2v) is 3.12. The monoisotopic (exact) mass is 158 g/mol. The molecule has 1 aliphatic rings. The van der Waals surface area contributed by atoms with Gasteiger partial charge in [-0.05, 0) is 7.05 Å². The highest BCUT2D eigenvalue weighted by molar-refractivity contribution is 5.67. The number of nitrogens with zero attached hydrogens (tertiary/aromatic N) is 2. The van der Waals surface area contributed by atoms with Gasteiger partial charge in [-0.15, -0.1) is 0 Å². The second kappa shape index (κ2) is 3.09. The molecular formula is C7H14N2O2. The molecule has 0 aromatic rings. The van der Waals surface area contributed by atoms with Crippen LogP contribution in [0.4, 0.5) is 4.79 Å². The quantitative estimate of drug-likeness (QED) is 0.538. The van der Waals surface area contributed by atoms with Crippen LogP contribution >= 0.6 is 0 Å². The largest absolute Gasteiger partial charge is 0.443 e. The molecule has 0 aliphatic carbocycles. The Hall–Kier alpha value is -0.770. The molecule has 1 aliphatic heterocycles. The lowest BCUT2D eigenvalue weighted by molar-refractivity contribution is -0.00993. The zero-order valence-corrected chi connectivity index (χ0v) is 7.20. The number of amides is 1. The molecule has 0 aromatic heterocycles. The second-order valence-electron chi connectivity index (χ2n) is 3.12. The van der Waals surface area contributed by atoms with E-state index in [0.717, 1.165) is 13.1 Å². The van der Waals surface area contributed by atoms with E-state index in [4.69, 9.17) is 4.74 Å². The molecule has 0 aromatic carbocycles. The Morgan fingerprint density at radius 2 is 2.09 bits per heavy atom. The summed E-state index contributed by atoms with van der Waals surface area (Å²) in [5.74, 6) is 0. The van der Waals surface area contributed by atoms with Gasteiger partial charge in [0.05, 0.1) is 0 Å². The molecule has 1 fully saturated rings. The zero-order chi connectivity index (χ0) is 8.43.